The maximum Gasteiger partial charge on any atom is 0.118 e. The van der Waals surface area contributed by atoms with Gasteiger partial charge in [0.25, 0.3) is 0 Å². The molecule has 28 heavy (non-hydrogen) atoms. The molecule has 0 aliphatic rings. The highest BCUT2D eigenvalue weighted by atomic mass is 32.1. The Hall–Kier alpha value is -2.95. The van der Waals surface area contributed by atoms with Gasteiger partial charge in [0, 0.05) is 10.9 Å². The highest BCUT2D eigenvalue weighted by Crippen LogP contribution is 2.28. The average molecular weight is 387 g/mol. The molecule has 1 heterocycles. The van der Waals surface area contributed by atoms with Gasteiger partial charge in [-0.3, -0.25) is 0 Å². The molecular formula is C24H22N2OS. The summed E-state index contributed by atoms with van der Waals surface area (Å²) >= 11 is 1.62. The van der Waals surface area contributed by atoms with E-state index in [1.807, 2.05) is 18.2 Å². The van der Waals surface area contributed by atoms with Crippen molar-refractivity contribution in [2.75, 3.05) is 7.11 Å². The van der Waals surface area contributed by atoms with E-state index in [1.165, 1.54) is 16.7 Å². The molecule has 4 rings (SSSR count). The number of benzene rings is 3. The van der Waals surface area contributed by atoms with Gasteiger partial charge in [0.15, 0.2) is 0 Å². The van der Waals surface area contributed by atoms with Gasteiger partial charge in [-0.25, -0.2) is 4.98 Å². The van der Waals surface area contributed by atoms with E-state index in [1.54, 1.807) is 18.4 Å². The van der Waals surface area contributed by atoms with Gasteiger partial charge >= 0.3 is 0 Å². The van der Waals surface area contributed by atoms with Crippen LogP contribution in [0.25, 0.3) is 22.4 Å². The lowest BCUT2D eigenvalue weighted by Gasteiger charge is -2.09. The highest BCUT2D eigenvalue weighted by Gasteiger charge is 2.13. The second kappa shape index (κ2) is 8.38. The number of thiazole rings is 1. The van der Waals surface area contributed by atoms with Crippen molar-refractivity contribution in [1.29, 1.82) is 0 Å². The largest absolute Gasteiger partial charge is 0.497 e. The molecule has 1 atom stereocenters. The lowest BCUT2D eigenvalue weighted by atomic mass is 10.0. The standard InChI is InChI=1S/C24H22N2OS/c1-27-21-13-7-17(8-14-21)15-22(25)24-26-23(16-28-24)20-11-9-19(10-12-20)18-5-3-2-4-6-18/h2-14,16,22H,15,25H2,1H3. The fraction of sp³-hybridized carbons (Fsp3) is 0.125. The van der Waals surface area contributed by atoms with Crippen LogP contribution in [0.4, 0.5) is 0 Å². The molecule has 4 aromatic rings. The molecule has 0 spiro atoms. The average Bonchev–Trinajstić information content (AvgIpc) is 3.26. The maximum absolute atomic E-state index is 6.41. The molecule has 0 aliphatic heterocycles. The lowest BCUT2D eigenvalue weighted by molar-refractivity contribution is 0.414. The SMILES string of the molecule is COc1ccc(CC(N)c2nc(-c3ccc(-c4ccccc4)cc3)cs2)cc1. The fourth-order valence-corrected chi connectivity index (χ4v) is 3.99. The Kier molecular flexibility index (Phi) is 5.51. The van der Waals surface area contributed by atoms with Crippen molar-refractivity contribution in [1.82, 2.24) is 4.98 Å². The molecule has 3 aromatic carbocycles. The van der Waals surface area contributed by atoms with E-state index in [-0.39, 0.29) is 6.04 Å². The third-order valence-corrected chi connectivity index (χ3v) is 5.72. The molecule has 0 bridgehead atoms. The maximum atomic E-state index is 6.41. The predicted molar refractivity (Wildman–Crippen MR) is 117 cm³/mol. The zero-order valence-electron chi connectivity index (χ0n) is 15.7. The number of ether oxygens (including phenoxy) is 1. The summed E-state index contributed by atoms with van der Waals surface area (Å²) in [5.74, 6) is 0.854. The molecule has 0 radical (unpaired) electrons. The Morgan fingerprint density at radius 1 is 0.857 bits per heavy atom. The van der Waals surface area contributed by atoms with E-state index in [2.05, 4.69) is 66.0 Å². The van der Waals surface area contributed by atoms with Gasteiger partial charge in [0.05, 0.1) is 18.8 Å². The van der Waals surface area contributed by atoms with Crippen molar-refractivity contribution < 1.29 is 4.74 Å². The third-order valence-electron chi connectivity index (χ3n) is 4.74. The van der Waals surface area contributed by atoms with Crippen LogP contribution in [0.15, 0.2) is 84.2 Å². The summed E-state index contributed by atoms with van der Waals surface area (Å²) in [6.45, 7) is 0. The van der Waals surface area contributed by atoms with Crippen molar-refractivity contribution in [3.05, 3.63) is 94.8 Å². The van der Waals surface area contributed by atoms with Crippen LogP contribution in [0.5, 0.6) is 5.75 Å². The Morgan fingerprint density at radius 2 is 1.50 bits per heavy atom. The molecule has 140 valence electrons. The molecule has 3 nitrogen and oxygen atoms in total. The molecule has 1 unspecified atom stereocenters. The van der Waals surface area contributed by atoms with Crippen LogP contribution in [0.1, 0.15) is 16.6 Å². The van der Waals surface area contributed by atoms with Crippen molar-refractivity contribution in [2.24, 2.45) is 5.73 Å². The van der Waals surface area contributed by atoms with Crippen LogP contribution in [0.2, 0.25) is 0 Å². The molecule has 2 N–H and O–H groups in total. The highest BCUT2D eigenvalue weighted by molar-refractivity contribution is 7.10. The number of rotatable bonds is 6. The normalized spacial score (nSPS) is 11.9. The van der Waals surface area contributed by atoms with Gasteiger partial charge in [0.1, 0.15) is 10.8 Å². The smallest absolute Gasteiger partial charge is 0.118 e. The predicted octanol–water partition coefficient (Wildman–Crippen LogP) is 5.73. The van der Waals surface area contributed by atoms with E-state index in [0.717, 1.165) is 28.4 Å². The minimum atomic E-state index is -0.115. The summed E-state index contributed by atoms with van der Waals surface area (Å²) in [4.78, 5) is 4.78. The first-order valence-corrected chi connectivity index (χ1v) is 10.1. The van der Waals surface area contributed by atoms with Crippen molar-refractivity contribution in [2.45, 2.75) is 12.5 Å². The number of nitrogens with zero attached hydrogens (tertiary/aromatic N) is 1. The van der Waals surface area contributed by atoms with Gasteiger partial charge < -0.3 is 10.5 Å². The summed E-state index contributed by atoms with van der Waals surface area (Å²) in [7, 11) is 1.67. The first-order valence-electron chi connectivity index (χ1n) is 9.23. The molecule has 0 saturated heterocycles. The summed E-state index contributed by atoms with van der Waals surface area (Å²) in [6.07, 6.45) is 0.754. The number of methoxy groups -OCH3 is 1. The van der Waals surface area contributed by atoms with E-state index in [0.29, 0.717) is 0 Å². The van der Waals surface area contributed by atoms with E-state index >= 15 is 0 Å². The molecule has 4 heteroatoms. The first kappa shape index (κ1) is 18.4. The van der Waals surface area contributed by atoms with Gasteiger partial charge in [-0.15, -0.1) is 11.3 Å². The topological polar surface area (TPSA) is 48.1 Å². The fourth-order valence-electron chi connectivity index (χ4n) is 3.16. The van der Waals surface area contributed by atoms with Gasteiger partial charge in [-0.1, -0.05) is 66.7 Å². The summed E-state index contributed by atoms with van der Waals surface area (Å²) in [5, 5.41) is 3.04. The number of hydrogen-bond donors (Lipinski definition) is 1. The Labute approximate surface area is 169 Å². The molecule has 1 aromatic heterocycles. The van der Waals surface area contributed by atoms with Crippen molar-refractivity contribution >= 4 is 11.3 Å². The molecule has 0 saturated carbocycles. The molecule has 0 fully saturated rings. The molecule has 0 aliphatic carbocycles. The number of hydrogen-bond acceptors (Lipinski definition) is 4. The van der Waals surface area contributed by atoms with Crippen LogP contribution in [0, 0.1) is 0 Å². The Morgan fingerprint density at radius 3 is 2.18 bits per heavy atom. The minimum Gasteiger partial charge on any atom is -0.497 e. The lowest BCUT2D eigenvalue weighted by Crippen LogP contribution is -2.13. The Bertz CT molecular complexity index is 1020. The second-order valence-electron chi connectivity index (χ2n) is 6.67. The van der Waals surface area contributed by atoms with Crippen molar-refractivity contribution in [3.63, 3.8) is 0 Å². The number of nitrogens with two attached hydrogens (primary N) is 1. The van der Waals surface area contributed by atoms with Crippen LogP contribution in [-0.2, 0) is 6.42 Å². The van der Waals surface area contributed by atoms with Crippen LogP contribution in [-0.4, -0.2) is 12.1 Å². The Balaban J connectivity index is 1.47. The van der Waals surface area contributed by atoms with Crippen LogP contribution >= 0.6 is 11.3 Å². The zero-order valence-corrected chi connectivity index (χ0v) is 16.5. The van der Waals surface area contributed by atoms with Crippen LogP contribution < -0.4 is 10.5 Å². The molecular weight excluding hydrogens is 364 g/mol. The third kappa shape index (κ3) is 4.14. The van der Waals surface area contributed by atoms with E-state index in [9.17, 15) is 0 Å². The van der Waals surface area contributed by atoms with Gasteiger partial charge in [-0.2, -0.15) is 0 Å². The van der Waals surface area contributed by atoms with Gasteiger partial charge in [0.2, 0.25) is 0 Å². The quantitative estimate of drug-likeness (QED) is 0.460. The van der Waals surface area contributed by atoms with Crippen molar-refractivity contribution in [3.8, 4) is 28.1 Å². The minimum absolute atomic E-state index is 0.115. The number of aromatic nitrogens is 1. The summed E-state index contributed by atoms with van der Waals surface area (Å²) in [6, 6.07) is 26.8. The first-order chi connectivity index (χ1) is 13.7. The monoisotopic (exact) mass is 386 g/mol. The summed E-state index contributed by atoms with van der Waals surface area (Å²) in [5.41, 5.74) is 12.1. The zero-order chi connectivity index (χ0) is 19.3. The van der Waals surface area contributed by atoms with E-state index < -0.39 is 0 Å². The van der Waals surface area contributed by atoms with Gasteiger partial charge in [-0.05, 0) is 35.2 Å². The second-order valence-corrected chi connectivity index (χ2v) is 7.56. The molecule has 0 amide bonds. The van der Waals surface area contributed by atoms with Crippen LogP contribution in [0.3, 0.4) is 0 Å². The summed E-state index contributed by atoms with van der Waals surface area (Å²) < 4.78 is 5.21. The van der Waals surface area contributed by atoms with E-state index in [4.69, 9.17) is 15.5 Å².